The fourth-order valence-corrected chi connectivity index (χ4v) is 2.73. The molecule has 0 bridgehead atoms. The van der Waals surface area contributed by atoms with Crippen molar-refractivity contribution in [3.8, 4) is 22.1 Å². The molecule has 0 aliphatic heterocycles. The van der Waals surface area contributed by atoms with Gasteiger partial charge in [-0.15, -0.1) is 21.5 Å². The minimum Gasteiger partial charge on any atom is -0.333 e. The predicted molar refractivity (Wildman–Crippen MR) is 77.6 cm³/mol. The fraction of sp³-hybridized carbons (Fsp3) is 0.143. The number of imidazole rings is 1. The first-order valence-electron chi connectivity index (χ1n) is 6.08. The van der Waals surface area contributed by atoms with Crippen LogP contribution in [0.5, 0.6) is 0 Å². The van der Waals surface area contributed by atoms with Crippen LogP contribution in [0.1, 0.15) is 16.6 Å². The maximum Gasteiger partial charge on any atom is 0.169 e. The molecule has 0 atom stereocenters. The van der Waals surface area contributed by atoms with E-state index in [9.17, 15) is 4.79 Å². The van der Waals surface area contributed by atoms with Gasteiger partial charge in [0.2, 0.25) is 0 Å². The van der Waals surface area contributed by atoms with Gasteiger partial charge < -0.3 is 4.57 Å². The number of carbonyl (C=O) groups is 1. The third-order valence-electron chi connectivity index (χ3n) is 2.92. The van der Waals surface area contributed by atoms with Crippen molar-refractivity contribution < 1.29 is 4.79 Å². The van der Waals surface area contributed by atoms with Gasteiger partial charge in [0.25, 0.3) is 0 Å². The lowest BCUT2D eigenvalue weighted by Gasteiger charge is -2.01. The molecule has 0 spiro atoms. The molecular weight excluding hydrogens is 272 g/mol. The van der Waals surface area contributed by atoms with Gasteiger partial charge in [0.05, 0.1) is 9.75 Å². The largest absolute Gasteiger partial charge is 0.333 e. The molecule has 100 valence electrons. The number of aryl methyl sites for hydroxylation is 1. The summed E-state index contributed by atoms with van der Waals surface area (Å²) >= 11 is 1.43. The van der Waals surface area contributed by atoms with E-state index in [0.29, 0.717) is 0 Å². The van der Waals surface area contributed by atoms with Crippen molar-refractivity contribution in [3.63, 3.8) is 0 Å². The molecule has 0 saturated heterocycles. The van der Waals surface area contributed by atoms with E-state index in [2.05, 4.69) is 15.2 Å². The summed E-state index contributed by atoms with van der Waals surface area (Å²) in [5, 5.41) is 8.42. The van der Waals surface area contributed by atoms with Crippen LogP contribution in [-0.2, 0) is 7.05 Å². The lowest BCUT2D eigenvalue weighted by molar-refractivity contribution is 0.102. The molecule has 5 nitrogen and oxygen atoms in total. The molecule has 0 amide bonds. The van der Waals surface area contributed by atoms with Crippen LogP contribution in [0.25, 0.3) is 22.1 Å². The summed E-state index contributed by atoms with van der Waals surface area (Å²) in [6.07, 6.45) is 3.59. The van der Waals surface area contributed by atoms with Crippen LogP contribution in [0.4, 0.5) is 0 Å². The SMILES string of the molecule is CC(=O)c1ccc(-c2ccc(-c3nccn3C)nn2)s1. The maximum absolute atomic E-state index is 11.3. The average Bonchev–Trinajstić information content (AvgIpc) is 3.07. The van der Waals surface area contributed by atoms with Gasteiger partial charge in [-0.2, -0.15) is 0 Å². The number of ketones is 1. The van der Waals surface area contributed by atoms with E-state index in [1.165, 1.54) is 11.3 Å². The van der Waals surface area contributed by atoms with Crippen molar-refractivity contribution in [2.75, 3.05) is 0 Å². The van der Waals surface area contributed by atoms with Gasteiger partial charge >= 0.3 is 0 Å². The zero-order chi connectivity index (χ0) is 14.1. The molecule has 3 aromatic heterocycles. The predicted octanol–water partition coefficient (Wildman–Crippen LogP) is 2.81. The van der Waals surface area contributed by atoms with Gasteiger partial charge in [-0.25, -0.2) is 4.98 Å². The van der Waals surface area contributed by atoms with Gasteiger partial charge in [0.15, 0.2) is 11.6 Å². The summed E-state index contributed by atoms with van der Waals surface area (Å²) < 4.78 is 1.89. The lowest BCUT2D eigenvalue weighted by atomic mass is 10.3. The zero-order valence-corrected chi connectivity index (χ0v) is 11.9. The second kappa shape index (κ2) is 4.97. The molecule has 0 saturated carbocycles. The Hall–Kier alpha value is -2.34. The van der Waals surface area contributed by atoms with Crippen molar-refractivity contribution >= 4 is 17.1 Å². The molecule has 6 heteroatoms. The first kappa shape index (κ1) is 12.7. The highest BCUT2D eigenvalue weighted by Crippen LogP contribution is 2.27. The first-order valence-corrected chi connectivity index (χ1v) is 6.89. The Morgan fingerprint density at radius 3 is 2.45 bits per heavy atom. The van der Waals surface area contributed by atoms with E-state index in [1.807, 2.05) is 42.1 Å². The number of aromatic nitrogens is 4. The highest BCUT2D eigenvalue weighted by molar-refractivity contribution is 7.17. The molecule has 0 N–H and O–H groups in total. The molecule has 0 aliphatic carbocycles. The molecule has 3 heterocycles. The number of nitrogens with zero attached hydrogens (tertiary/aromatic N) is 4. The van der Waals surface area contributed by atoms with E-state index in [1.54, 1.807) is 13.1 Å². The Labute approximate surface area is 119 Å². The van der Waals surface area contributed by atoms with Gasteiger partial charge in [-0.05, 0) is 31.2 Å². The Morgan fingerprint density at radius 2 is 1.90 bits per heavy atom. The molecule has 3 rings (SSSR count). The van der Waals surface area contributed by atoms with E-state index in [-0.39, 0.29) is 5.78 Å². The summed E-state index contributed by atoms with van der Waals surface area (Å²) in [5.74, 6) is 0.846. The molecule has 20 heavy (non-hydrogen) atoms. The van der Waals surface area contributed by atoms with Crippen LogP contribution in [0.2, 0.25) is 0 Å². The van der Waals surface area contributed by atoms with Gasteiger partial charge in [-0.3, -0.25) is 4.79 Å². The highest BCUT2D eigenvalue weighted by Gasteiger charge is 2.10. The van der Waals surface area contributed by atoms with Crippen LogP contribution in [0.15, 0.2) is 36.7 Å². The second-order valence-corrected chi connectivity index (χ2v) is 5.47. The molecular formula is C14H12N4OS. The number of carbonyl (C=O) groups excluding carboxylic acids is 1. The summed E-state index contributed by atoms with van der Waals surface area (Å²) in [6.45, 7) is 1.56. The van der Waals surface area contributed by atoms with Crippen LogP contribution in [-0.4, -0.2) is 25.5 Å². The van der Waals surface area contributed by atoms with Gasteiger partial charge in [0.1, 0.15) is 11.4 Å². The van der Waals surface area contributed by atoms with Crippen molar-refractivity contribution in [1.82, 2.24) is 19.7 Å². The first-order chi connectivity index (χ1) is 9.65. The monoisotopic (exact) mass is 284 g/mol. The normalized spacial score (nSPS) is 10.7. The summed E-state index contributed by atoms with van der Waals surface area (Å²) in [6, 6.07) is 7.49. The standard InChI is InChI=1S/C14H12N4OS/c1-9(19)12-5-6-13(20-12)10-3-4-11(17-16-10)14-15-7-8-18(14)2/h3-8H,1-2H3. The minimum absolute atomic E-state index is 0.0684. The number of hydrogen-bond acceptors (Lipinski definition) is 5. The smallest absolute Gasteiger partial charge is 0.169 e. The van der Waals surface area contributed by atoms with E-state index in [4.69, 9.17) is 0 Å². The van der Waals surface area contributed by atoms with E-state index < -0.39 is 0 Å². The Bertz CT molecular complexity index is 758. The lowest BCUT2D eigenvalue weighted by Crippen LogP contribution is -1.96. The Morgan fingerprint density at radius 1 is 1.15 bits per heavy atom. The topological polar surface area (TPSA) is 60.7 Å². The summed E-state index contributed by atoms with van der Waals surface area (Å²) in [5.41, 5.74) is 1.49. The van der Waals surface area contributed by atoms with Crippen LogP contribution in [0.3, 0.4) is 0 Å². The highest BCUT2D eigenvalue weighted by atomic mass is 32.1. The molecule has 0 radical (unpaired) electrons. The van der Waals surface area contributed by atoms with Crippen molar-refractivity contribution in [3.05, 3.63) is 41.5 Å². The zero-order valence-electron chi connectivity index (χ0n) is 11.1. The van der Waals surface area contributed by atoms with E-state index >= 15 is 0 Å². The summed E-state index contributed by atoms with van der Waals surface area (Å²) in [4.78, 5) is 17.2. The molecule has 0 unspecified atom stereocenters. The van der Waals surface area contributed by atoms with Crippen molar-refractivity contribution in [2.45, 2.75) is 6.92 Å². The number of thiophene rings is 1. The number of hydrogen-bond donors (Lipinski definition) is 0. The van der Waals surface area contributed by atoms with Gasteiger partial charge in [0, 0.05) is 19.4 Å². The van der Waals surface area contributed by atoms with E-state index in [0.717, 1.165) is 27.0 Å². The Balaban J connectivity index is 1.93. The average molecular weight is 284 g/mol. The molecule has 0 fully saturated rings. The third-order valence-corrected chi connectivity index (χ3v) is 4.13. The third kappa shape index (κ3) is 2.25. The quantitative estimate of drug-likeness (QED) is 0.694. The molecule has 0 aromatic carbocycles. The van der Waals surface area contributed by atoms with Crippen LogP contribution >= 0.6 is 11.3 Å². The van der Waals surface area contributed by atoms with Crippen molar-refractivity contribution in [2.24, 2.45) is 7.05 Å². The van der Waals surface area contributed by atoms with Crippen LogP contribution < -0.4 is 0 Å². The minimum atomic E-state index is 0.0684. The number of rotatable bonds is 3. The van der Waals surface area contributed by atoms with Crippen LogP contribution in [0, 0.1) is 0 Å². The maximum atomic E-state index is 11.3. The van der Waals surface area contributed by atoms with Crippen molar-refractivity contribution in [1.29, 1.82) is 0 Å². The molecule has 0 aliphatic rings. The number of Topliss-reactive ketones (excluding diaryl/α,β-unsaturated/α-hetero) is 1. The molecule has 3 aromatic rings. The summed E-state index contributed by atoms with van der Waals surface area (Å²) in [7, 11) is 1.91. The van der Waals surface area contributed by atoms with Gasteiger partial charge in [-0.1, -0.05) is 0 Å². The Kier molecular flexibility index (Phi) is 3.15. The fourth-order valence-electron chi connectivity index (χ4n) is 1.86. The second-order valence-electron chi connectivity index (χ2n) is 4.39.